The van der Waals surface area contributed by atoms with Gasteiger partial charge in [-0.2, -0.15) is 0 Å². The van der Waals surface area contributed by atoms with Crippen molar-refractivity contribution in [3.63, 3.8) is 0 Å². The fourth-order valence-corrected chi connectivity index (χ4v) is 3.26. The summed E-state index contributed by atoms with van der Waals surface area (Å²) in [6.45, 7) is 6.43. The molecule has 0 aliphatic heterocycles. The van der Waals surface area contributed by atoms with Crippen molar-refractivity contribution >= 4 is 16.8 Å². The van der Waals surface area contributed by atoms with Gasteiger partial charge in [-0.25, -0.2) is 0 Å². The lowest BCUT2D eigenvalue weighted by Crippen LogP contribution is -2.35. The summed E-state index contributed by atoms with van der Waals surface area (Å²) in [5.41, 5.74) is 2.47. The van der Waals surface area contributed by atoms with Crippen LogP contribution in [0.5, 0.6) is 0 Å². The number of nitrogens with one attached hydrogen (secondary N) is 1. The van der Waals surface area contributed by atoms with Crippen molar-refractivity contribution < 1.29 is 9.90 Å². The summed E-state index contributed by atoms with van der Waals surface area (Å²) < 4.78 is 0. The first-order valence-corrected chi connectivity index (χ1v) is 8.72. The average molecular weight is 326 g/mol. The van der Waals surface area contributed by atoms with Crippen molar-refractivity contribution in [3.05, 3.63) is 41.6 Å². The monoisotopic (exact) mass is 326 g/mol. The van der Waals surface area contributed by atoms with Crippen LogP contribution in [0.2, 0.25) is 0 Å². The molecule has 1 aromatic heterocycles. The van der Waals surface area contributed by atoms with Crippen molar-refractivity contribution in [2.45, 2.75) is 52.1 Å². The van der Waals surface area contributed by atoms with Crippen LogP contribution in [0.3, 0.4) is 0 Å². The number of fused-ring (bicyclic) bond motifs is 1. The van der Waals surface area contributed by atoms with Crippen molar-refractivity contribution in [3.8, 4) is 0 Å². The van der Waals surface area contributed by atoms with Crippen LogP contribution in [0.4, 0.5) is 0 Å². The van der Waals surface area contributed by atoms with Crippen molar-refractivity contribution in [2.24, 2.45) is 5.41 Å². The summed E-state index contributed by atoms with van der Waals surface area (Å²) in [5, 5.41) is 13.5. The number of aliphatic hydroxyl groups is 1. The zero-order chi connectivity index (χ0) is 17.3. The smallest absolute Gasteiger partial charge is 0.252 e. The van der Waals surface area contributed by atoms with E-state index in [9.17, 15) is 9.90 Å². The molecule has 2 N–H and O–H groups in total. The Balaban J connectivity index is 1.84. The highest BCUT2D eigenvalue weighted by Gasteiger charge is 2.27. The second kappa shape index (κ2) is 6.52. The first-order chi connectivity index (χ1) is 11.4. The standard InChI is InChI=1S/C20H26N2O2/c1-13(23)11-20(2,3)12-21-19(24)16-10-18(14-8-9-14)22-17-7-5-4-6-15(16)17/h4-7,10,13-14,23H,8-9,11-12H2,1-3H3,(H,21,24). The molecule has 1 saturated carbocycles. The molecule has 2 aromatic rings. The zero-order valence-electron chi connectivity index (χ0n) is 14.7. The van der Waals surface area contributed by atoms with E-state index in [0.29, 0.717) is 24.4 Å². The number of carbonyl (C=O) groups is 1. The maximum absolute atomic E-state index is 12.8. The third-order valence-corrected chi connectivity index (χ3v) is 4.55. The van der Waals surface area contributed by atoms with Crippen molar-refractivity contribution in [2.75, 3.05) is 6.54 Å². The number of aromatic nitrogens is 1. The van der Waals surface area contributed by atoms with Gasteiger partial charge in [-0.05, 0) is 43.7 Å². The summed E-state index contributed by atoms with van der Waals surface area (Å²) in [4.78, 5) is 17.5. The summed E-state index contributed by atoms with van der Waals surface area (Å²) in [6.07, 6.45) is 2.60. The van der Waals surface area contributed by atoms with Gasteiger partial charge < -0.3 is 10.4 Å². The number of hydrogen-bond donors (Lipinski definition) is 2. The predicted octanol–water partition coefficient (Wildman–Crippen LogP) is 3.64. The van der Waals surface area contributed by atoms with Crippen LogP contribution in [0, 0.1) is 5.41 Å². The number of carbonyl (C=O) groups excluding carboxylic acids is 1. The van der Waals surface area contributed by atoms with Gasteiger partial charge in [0.15, 0.2) is 0 Å². The fourth-order valence-electron chi connectivity index (χ4n) is 3.26. The second-order valence-electron chi connectivity index (χ2n) is 7.79. The molecule has 4 nitrogen and oxygen atoms in total. The van der Waals surface area contributed by atoms with Gasteiger partial charge >= 0.3 is 0 Å². The van der Waals surface area contributed by atoms with E-state index < -0.39 is 0 Å². The van der Waals surface area contributed by atoms with Gasteiger partial charge in [0.25, 0.3) is 5.91 Å². The summed E-state index contributed by atoms with van der Waals surface area (Å²) in [6, 6.07) is 9.77. The maximum atomic E-state index is 12.8. The Bertz CT molecular complexity index is 748. The molecule has 1 aliphatic carbocycles. The van der Waals surface area contributed by atoms with E-state index >= 15 is 0 Å². The molecule has 1 heterocycles. The minimum absolute atomic E-state index is 0.0610. The number of aliphatic hydroxyl groups excluding tert-OH is 1. The Kier molecular flexibility index (Phi) is 4.59. The van der Waals surface area contributed by atoms with Gasteiger partial charge in [-0.15, -0.1) is 0 Å². The van der Waals surface area contributed by atoms with Gasteiger partial charge in [0, 0.05) is 23.5 Å². The minimum atomic E-state index is -0.375. The van der Waals surface area contributed by atoms with Crippen LogP contribution in [-0.4, -0.2) is 28.6 Å². The molecule has 0 spiro atoms. The van der Waals surface area contributed by atoms with Gasteiger partial charge in [0.1, 0.15) is 0 Å². The Morgan fingerprint density at radius 3 is 2.75 bits per heavy atom. The van der Waals surface area contributed by atoms with Gasteiger partial charge in [-0.1, -0.05) is 32.0 Å². The highest BCUT2D eigenvalue weighted by molar-refractivity contribution is 6.06. The number of pyridine rings is 1. The molecule has 1 atom stereocenters. The van der Waals surface area contributed by atoms with Gasteiger partial charge in [0.2, 0.25) is 0 Å². The van der Waals surface area contributed by atoms with Crippen LogP contribution < -0.4 is 5.32 Å². The first kappa shape index (κ1) is 16.9. The molecule has 128 valence electrons. The molecule has 0 saturated heterocycles. The molecule has 1 amide bonds. The Hall–Kier alpha value is -1.94. The van der Waals surface area contributed by atoms with E-state index in [-0.39, 0.29) is 17.4 Å². The van der Waals surface area contributed by atoms with Crippen LogP contribution in [-0.2, 0) is 0 Å². The summed E-state index contributed by atoms with van der Waals surface area (Å²) in [5.74, 6) is 0.446. The normalized spacial score (nSPS) is 16.2. The molecule has 1 fully saturated rings. The van der Waals surface area contributed by atoms with E-state index in [4.69, 9.17) is 4.98 Å². The van der Waals surface area contributed by atoms with E-state index in [2.05, 4.69) is 19.2 Å². The topological polar surface area (TPSA) is 62.2 Å². The molecular weight excluding hydrogens is 300 g/mol. The molecule has 0 radical (unpaired) electrons. The van der Waals surface area contributed by atoms with Crippen LogP contribution in [0.1, 0.15) is 62.0 Å². The molecule has 24 heavy (non-hydrogen) atoms. The van der Waals surface area contributed by atoms with Crippen molar-refractivity contribution in [1.29, 1.82) is 0 Å². The van der Waals surface area contributed by atoms with E-state index in [0.717, 1.165) is 29.4 Å². The Morgan fingerprint density at radius 2 is 2.08 bits per heavy atom. The second-order valence-corrected chi connectivity index (χ2v) is 7.79. The summed E-state index contributed by atoms with van der Waals surface area (Å²) in [7, 11) is 0. The zero-order valence-corrected chi connectivity index (χ0v) is 14.7. The molecular formula is C20H26N2O2. The van der Waals surface area contributed by atoms with Crippen LogP contribution in [0.15, 0.2) is 30.3 Å². The van der Waals surface area contributed by atoms with Gasteiger partial charge in [0.05, 0.1) is 17.2 Å². The molecule has 1 aromatic carbocycles. The minimum Gasteiger partial charge on any atom is -0.393 e. The Labute approximate surface area is 143 Å². The van der Waals surface area contributed by atoms with Crippen LogP contribution >= 0.6 is 0 Å². The largest absolute Gasteiger partial charge is 0.393 e. The maximum Gasteiger partial charge on any atom is 0.252 e. The highest BCUT2D eigenvalue weighted by atomic mass is 16.3. The molecule has 1 unspecified atom stereocenters. The molecule has 3 rings (SSSR count). The molecule has 0 bridgehead atoms. The average Bonchev–Trinajstić information content (AvgIpc) is 3.35. The predicted molar refractivity (Wildman–Crippen MR) is 96.1 cm³/mol. The van der Waals surface area contributed by atoms with E-state index in [1.807, 2.05) is 30.3 Å². The lowest BCUT2D eigenvalue weighted by molar-refractivity contribution is 0.0903. The summed E-state index contributed by atoms with van der Waals surface area (Å²) >= 11 is 0. The number of benzene rings is 1. The third-order valence-electron chi connectivity index (χ3n) is 4.55. The molecule has 4 heteroatoms. The lowest BCUT2D eigenvalue weighted by atomic mass is 9.87. The fraction of sp³-hybridized carbons (Fsp3) is 0.500. The number of para-hydroxylation sites is 1. The first-order valence-electron chi connectivity index (χ1n) is 8.72. The number of rotatable bonds is 6. The van der Waals surface area contributed by atoms with E-state index in [1.165, 1.54) is 0 Å². The SMILES string of the molecule is CC(O)CC(C)(C)CNC(=O)c1cc(C2CC2)nc2ccccc12. The van der Waals surface area contributed by atoms with E-state index in [1.54, 1.807) is 6.92 Å². The Morgan fingerprint density at radius 1 is 1.38 bits per heavy atom. The number of hydrogen-bond acceptors (Lipinski definition) is 3. The number of amides is 1. The lowest BCUT2D eigenvalue weighted by Gasteiger charge is -2.26. The van der Waals surface area contributed by atoms with Crippen molar-refractivity contribution in [1.82, 2.24) is 10.3 Å². The third kappa shape index (κ3) is 3.93. The van der Waals surface area contributed by atoms with Crippen LogP contribution in [0.25, 0.3) is 10.9 Å². The molecule has 1 aliphatic rings. The highest BCUT2D eigenvalue weighted by Crippen LogP contribution is 2.40. The number of nitrogens with zero attached hydrogens (tertiary/aromatic N) is 1. The quantitative estimate of drug-likeness (QED) is 0.852. The van der Waals surface area contributed by atoms with Gasteiger partial charge in [-0.3, -0.25) is 9.78 Å².